The second-order valence-electron chi connectivity index (χ2n) is 5.47. The number of hydrogen-bond donors (Lipinski definition) is 1. The van der Waals surface area contributed by atoms with Gasteiger partial charge in [-0.3, -0.25) is 4.79 Å². The van der Waals surface area contributed by atoms with Gasteiger partial charge in [0.15, 0.2) is 0 Å². The van der Waals surface area contributed by atoms with Gasteiger partial charge in [0, 0.05) is 13.1 Å². The van der Waals surface area contributed by atoms with E-state index in [0.717, 1.165) is 12.0 Å². The largest absolute Gasteiger partial charge is 0.481 e. The summed E-state index contributed by atoms with van der Waals surface area (Å²) in [6.45, 7) is 1.36. The zero-order valence-electron chi connectivity index (χ0n) is 11.1. The SMILES string of the molecule is O=C(O)[C@H]1[C@@H]2CN(C(=O)OCc3ccccc3)CC[C@@H]21. The van der Waals surface area contributed by atoms with Crippen molar-refractivity contribution in [1.29, 1.82) is 0 Å². The average molecular weight is 275 g/mol. The van der Waals surface area contributed by atoms with Crippen LogP contribution in [0.3, 0.4) is 0 Å². The molecule has 3 atom stereocenters. The Balaban J connectivity index is 1.50. The predicted octanol–water partition coefficient (Wildman–Crippen LogP) is 1.98. The molecule has 3 rings (SSSR count). The number of carboxylic acids is 1. The minimum absolute atomic E-state index is 0.116. The van der Waals surface area contributed by atoms with Gasteiger partial charge in [-0.05, 0) is 23.8 Å². The molecule has 2 fully saturated rings. The maximum absolute atomic E-state index is 12.0. The Hall–Kier alpha value is -2.04. The standard InChI is InChI=1S/C15H17NO4/c17-14(18)13-11-6-7-16(8-12(11)13)15(19)20-9-10-4-2-1-3-5-10/h1-5,11-13H,6-9H2,(H,17,18)/t11-,12+,13+/m0/s1. The summed E-state index contributed by atoms with van der Waals surface area (Å²) in [7, 11) is 0. The maximum atomic E-state index is 12.0. The fraction of sp³-hybridized carbons (Fsp3) is 0.467. The molecule has 1 N–H and O–H groups in total. The fourth-order valence-corrected chi connectivity index (χ4v) is 3.08. The van der Waals surface area contributed by atoms with Gasteiger partial charge in [-0.15, -0.1) is 0 Å². The van der Waals surface area contributed by atoms with Crippen LogP contribution in [0.25, 0.3) is 0 Å². The predicted molar refractivity (Wildman–Crippen MR) is 70.9 cm³/mol. The van der Waals surface area contributed by atoms with Crippen LogP contribution in [0.4, 0.5) is 4.79 Å². The number of amides is 1. The van der Waals surface area contributed by atoms with Crippen molar-refractivity contribution in [1.82, 2.24) is 4.90 Å². The first kappa shape index (κ1) is 13.0. The van der Waals surface area contributed by atoms with E-state index in [0.29, 0.717) is 13.1 Å². The van der Waals surface area contributed by atoms with Crippen LogP contribution in [0, 0.1) is 17.8 Å². The molecule has 1 aromatic carbocycles. The van der Waals surface area contributed by atoms with Gasteiger partial charge >= 0.3 is 12.1 Å². The molecule has 20 heavy (non-hydrogen) atoms. The van der Waals surface area contributed by atoms with E-state index >= 15 is 0 Å². The Morgan fingerprint density at radius 3 is 2.70 bits per heavy atom. The zero-order valence-corrected chi connectivity index (χ0v) is 11.1. The van der Waals surface area contributed by atoms with Gasteiger partial charge in [0.2, 0.25) is 0 Å². The molecule has 1 amide bonds. The molecule has 0 aromatic heterocycles. The lowest BCUT2D eigenvalue weighted by Crippen LogP contribution is -2.37. The molecule has 1 heterocycles. The molecule has 1 saturated carbocycles. The molecule has 0 bridgehead atoms. The van der Waals surface area contributed by atoms with Crippen molar-refractivity contribution in [3.05, 3.63) is 35.9 Å². The number of carbonyl (C=O) groups excluding carboxylic acids is 1. The molecule has 0 spiro atoms. The van der Waals surface area contributed by atoms with Crippen molar-refractivity contribution < 1.29 is 19.4 Å². The van der Waals surface area contributed by atoms with Crippen molar-refractivity contribution >= 4 is 12.1 Å². The summed E-state index contributed by atoms with van der Waals surface area (Å²) in [4.78, 5) is 24.6. The monoisotopic (exact) mass is 275 g/mol. The van der Waals surface area contributed by atoms with E-state index in [-0.39, 0.29) is 30.5 Å². The number of benzene rings is 1. The lowest BCUT2D eigenvalue weighted by atomic mass is 10.1. The average Bonchev–Trinajstić information content (AvgIpc) is 3.19. The van der Waals surface area contributed by atoms with E-state index in [1.807, 2.05) is 30.3 Å². The normalized spacial score (nSPS) is 27.6. The van der Waals surface area contributed by atoms with Gasteiger partial charge in [0.05, 0.1) is 5.92 Å². The summed E-state index contributed by atoms with van der Waals surface area (Å²) in [6, 6.07) is 9.52. The number of carbonyl (C=O) groups is 2. The molecule has 1 aliphatic heterocycles. The van der Waals surface area contributed by atoms with Gasteiger partial charge < -0.3 is 14.7 Å². The van der Waals surface area contributed by atoms with Gasteiger partial charge in [0.25, 0.3) is 0 Å². The molecule has 5 heteroatoms. The quantitative estimate of drug-likeness (QED) is 0.916. The third-order valence-corrected chi connectivity index (χ3v) is 4.24. The Morgan fingerprint density at radius 2 is 2.00 bits per heavy atom. The van der Waals surface area contributed by atoms with Crippen LogP contribution in [0.1, 0.15) is 12.0 Å². The first-order valence-electron chi connectivity index (χ1n) is 6.85. The van der Waals surface area contributed by atoms with Crippen molar-refractivity contribution in [2.75, 3.05) is 13.1 Å². The summed E-state index contributed by atoms with van der Waals surface area (Å²) < 4.78 is 5.27. The van der Waals surface area contributed by atoms with Gasteiger partial charge in [-0.25, -0.2) is 4.79 Å². The minimum Gasteiger partial charge on any atom is -0.481 e. The number of piperidine rings is 1. The minimum atomic E-state index is -0.737. The first-order chi connectivity index (χ1) is 9.66. The summed E-state index contributed by atoms with van der Waals surface area (Å²) in [5.41, 5.74) is 0.950. The molecule has 0 unspecified atom stereocenters. The van der Waals surface area contributed by atoms with Crippen LogP contribution in [-0.2, 0) is 16.1 Å². The number of aliphatic carboxylic acids is 1. The Morgan fingerprint density at radius 1 is 1.25 bits per heavy atom. The van der Waals surface area contributed by atoms with Crippen LogP contribution in [-0.4, -0.2) is 35.2 Å². The lowest BCUT2D eigenvalue weighted by Gasteiger charge is -2.25. The Labute approximate surface area is 117 Å². The molecule has 106 valence electrons. The van der Waals surface area contributed by atoms with Crippen molar-refractivity contribution in [3.63, 3.8) is 0 Å². The van der Waals surface area contributed by atoms with Crippen LogP contribution in [0.5, 0.6) is 0 Å². The highest BCUT2D eigenvalue weighted by Crippen LogP contribution is 2.51. The highest BCUT2D eigenvalue weighted by Gasteiger charge is 2.57. The van der Waals surface area contributed by atoms with Crippen molar-refractivity contribution in [2.24, 2.45) is 17.8 Å². The molecule has 1 aliphatic carbocycles. The van der Waals surface area contributed by atoms with Crippen molar-refractivity contribution in [3.8, 4) is 0 Å². The topological polar surface area (TPSA) is 66.8 Å². The van der Waals surface area contributed by atoms with Crippen LogP contribution < -0.4 is 0 Å². The molecule has 5 nitrogen and oxygen atoms in total. The summed E-state index contributed by atoms with van der Waals surface area (Å²) in [5.74, 6) is -0.627. The molecular weight excluding hydrogens is 258 g/mol. The fourth-order valence-electron chi connectivity index (χ4n) is 3.08. The third-order valence-electron chi connectivity index (χ3n) is 4.24. The molecule has 1 saturated heterocycles. The summed E-state index contributed by atoms with van der Waals surface area (Å²) in [6.07, 6.45) is 0.422. The third kappa shape index (κ3) is 2.48. The van der Waals surface area contributed by atoms with Crippen LogP contribution in [0.2, 0.25) is 0 Å². The summed E-state index contributed by atoms with van der Waals surface area (Å²) >= 11 is 0. The number of fused-ring (bicyclic) bond motifs is 1. The Kier molecular flexibility index (Phi) is 3.34. The lowest BCUT2D eigenvalue weighted by molar-refractivity contribution is -0.139. The van der Waals surface area contributed by atoms with Crippen LogP contribution >= 0.6 is 0 Å². The van der Waals surface area contributed by atoms with Crippen LogP contribution in [0.15, 0.2) is 30.3 Å². The number of hydrogen-bond acceptors (Lipinski definition) is 3. The zero-order chi connectivity index (χ0) is 14.1. The second kappa shape index (κ2) is 5.15. The van der Waals surface area contributed by atoms with E-state index in [1.54, 1.807) is 4.90 Å². The molecule has 2 aliphatic rings. The summed E-state index contributed by atoms with van der Waals surface area (Å²) in [5, 5.41) is 9.03. The van der Waals surface area contributed by atoms with Gasteiger partial charge in [-0.1, -0.05) is 30.3 Å². The number of likely N-dealkylation sites (tertiary alicyclic amines) is 1. The number of ether oxygens (including phenoxy) is 1. The van der Waals surface area contributed by atoms with Crippen molar-refractivity contribution in [2.45, 2.75) is 13.0 Å². The molecule has 0 radical (unpaired) electrons. The van der Waals surface area contributed by atoms with Gasteiger partial charge in [-0.2, -0.15) is 0 Å². The maximum Gasteiger partial charge on any atom is 0.410 e. The van der Waals surface area contributed by atoms with E-state index < -0.39 is 5.97 Å². The Bertz CT molecular complexity index is 516. The number of rotatable bonds is 3. The first-order valence-corrected chi connectivity index (χ1v) is 6.85. The van der Waals surface area contributed by atoms with E-state index in [9.17, 15) is 9.59 Å². The number of nitrogens with zero attached hydrogens (tertiary/aromatic N) is 1. The highest BCUT2D eigenvalue weighted by atomic mass is 16.6. The molecule has 1 aromatic rings. The van der Waals surface area contributed by atoms with E-state index in [4.69, 9.17) is 9.84 Å². The van der Waals surface area contributed by atoms with E-state index in [2.05, 4.69) is 0 Å². The number of carboxylic acid groups (broad SMARTS) is 1. The molecular formula is C15H17NO4. The second-order valence-corrected chi connectivity index (χ2v) is 5.47. The highest BCUT2D eigenvalue weighted by molar-refractivity contribution is 5.75. The smallest absolute Gasteiger partial charge is 0.410 e. The van der Waals surface area contributed by atoms with E-state index in [1.165, 1.54) is 0 Å². The van der Waals surface area contributed by atoms with Gasteiger partial charge in [0.1, 0.15) is 6.61 Å².